The number of amides is 1. The van der Waals surface area contributed by atoms with Crippen LogP contribution in [0.1, 0.15) is 11.1 Å². The van der Waals surface area contributed by atoms with Gasteiger partial charge in [-0.2, -0.15) is 0 Å². The number of aryl methyl sites for hydroxylation is 1. The van der Waals surface area contributed by atoms with Gasteiger partial charge in [-0.15, -0.1) is 0 Å². The fourth-order valence-electron chi connectivity index (χ4n) is 2.46. The molecule has 0 atom stereocenters. The van der Waals surface area contributed by atoms with Crippen molar-refractivity contribution in [1.29, 1.82) is 0 Å². The molecule has 0 aromatic heterocycles. The lowest BCUT2D eigenvalue weighted by atomic mass is 10.2. The average molecular weight is 523 g/mol. The number of hydrogen-bond donors (Lipinski definition) is 1. The number of carbonyl (C=O) groups is 1. The van der Waals surface area contributed by atoms with Crippen LogP contribution in [0.5, 0.6) is 5.75 Å². The number of ether oxygens (including phenoxy) is 1. The van der Waals surface area contributed by atoms with E-state index < -0.39 is 11.7 Å². The van der Waals surface area contributed by atoms with Crippen molar-refractivity contribution in [3.8, 4) is 5.75 Å². The van der Waals surface area contributed by atoms with E-state index >= 15 is 0 Å². The summed E-state index contributed by atoms with van der Waals surface area (Å²) in [4.78, 5) is 16.4. The normalized spacial score (nSPS) is 10.9. The van der Waals surface area contributed by atoms with Crippen molar-refractivity contribution < 1.29 is 13.9 Å². The molecule has 0 spiro atoms. The molecular weight excluding hydrogens is 506 g/mol. The van der Waals surface area contributed by atoms with E-state index in [-0.39, 0.29) is 12.3 Å². The zero-order chi connectivity index (χ0) is 20.8. The van der Waals surface area contributed by atoms with Crippen LogP contribution in [0.15, 0.2) is 65.7 Å². The average Bonchev–Trinajstić information content (AvgIpc) is 2.70. The quantitative estimate of drug-likeness (QED) is 0.311. The number of halogens is 3. The number of carbonyl (C=O) groups excluding carboxylic acids is 1. The second-order valence-corrected chi connectivity index (χ2v) is 7.77. The molecule has 4 nitrogen and oxygen atoms in total. The van der Waals surface area contributed by atoms with Crippen LogP contribution in [-0.2, 0) is 4.79 Å². The van der Waals surface area contributed by atoms with Gasteiger partial charge >= 0.3 is 0 Å². The minimum atomic E-state index is -0.508. The molecule has 29 heavy (non-hydrogen) atoms. The molecule has 0 saturated carbocycles. The highest BCUT2D eigenvalue weighted by Crippen LogP contribution is 2.26. The molecule has 3 rings (SSSR count). The molecular formula is C22H17ClFIN2O2. The Morgan fingerprint density at radius 1 is 1.21 bits per heavy atom. The summed E-state index contributed by atoms with van der Waals surface area (Å²) >= 11 is 8.53. The Hall–Kier alpha value is -2.45. The van der Waals surface area contributed by atoms with Crippen molar-refractivity contribution in [2.75, 3.05) is 11.9 Å². The van der Waals surface area contributed by atoms with Crippen LogP contribution in [-0.4, -0.2) is 18.7 Å². The minimum absolute atomic E-state index is 0.101. The molecule has 0 bridgehead atoms. The molecule has 1 amide bonds. The van der Waals surface area contributed by atoms with E-state index in [9.17, 15) is 9.18 Å². The van der Waals surface area contributed by atoms with E-state index in [1.54, 1.807) is 36.5 Å². The van der Waals surface area contributed by atoms with Gasteiger partial charge in [-0.3, -0.25) is 9.79 Å². The predicted octanol–water partition coefficient (Wildman–Crippen LogP) is 6.16. The molecule has 0 radical (unpaired) electrons. The number of aliphatic imine (C=N–C) groups is 1. The van der Waals surface area contributed by atoms with Crippen LogP contribution in [0.4, 0.5) is 15.8 Å². The van der Waals surface area contributed by atoms with Crippen LogP contribution in [0.25, 0.3) is 0 Å². The van der Waals surface area contributed by atoms with Crippen molar-refractivity contribution in [3.63, 3.8) is 0 Å². The number of anilines is 1. The Bertz CT molecular complexity index is 1070. The van der Waals surface area contributed by atoms with Crippen LogP contribution >= 0.6 is 34.2 Å². The third-order valence-corrected chi connectivity index (χ3v) is 5.47. The first-order valence-electron chi connectivity index (χ1n) is 8.69. The monoisotopic (exact) mass is 522 g/mol. The van der Waals surface area contributed by atoms with Gasteiger partial charge < -0.3 is 10.1 Å². The third-order valence-electron chi connectivity index (χ3n) is 3.97. The summed E-state index contributed by atoms with van der Waals surface area (Å²) in [5.41, 5.74) is 2.92. The number of rotatable bonds is 6. The van der Waals surface area contributed by atoms with Crippen LogP contribution in [0, 0.1) is 16.3 Å². The van der Waals surface area contributed by atoms with Gasteiger partial charge in [-0.05, 0) is 89.2 Å². The molecule has 148 valence electrons. The lowest BCUT2D eigenvalue weighted by Crippen LogP contribution is -2.20. The van der Waals surface area contributed by atoms with E-state index in [1.807, 2.05) is 25.1 Å². The summed E-state index contributed by atoms with van der Waals surface area (Å²) in [5, 5.41) is 2.81. The van der Waals surface area contributed by atoms with Crippen LogP contribution in [0.2, 0.25) is 5.02 Å². The maximum Gasteiger partial charge on any atom is 0.262 e. The zero-order valence-electron chi connectivity index (χ0n) is 15.5. The number of benzene rings is 3. The van der Waals surface area contributed by atoms with Crippen molar-refractivity contribution in [2.24, 2.45) is 4.99 Å². The summed E-state index contributed by atoms with van der Waals surface area (Å²) in [6.07, 6.45) is 1.71. The summed E-state index contributed by atoms with van der Waals surface area (Å²) < 4.78 is 20.2. The summed E-state index contributed by atoms with van der Waals surface area (Å²) in [5.74, 6) is -0.630. The molecule has 3 aromatic carbocycles. The van der Waals surface area contributed by atoms with Gasteiger partial charge in [0.05, 0.1) is 16.4 Å². The van der Waals surface area contributed by atoms with E-state index in [4.69, 9.17) is 16.3 Å². The van der Waals surface area contributed by atoms with Gasteiger partial charge in [0.1, 0.15) is 11.6 Å². The smallest absolute Gasteiger partial charge is 0.262 e. The second-order valence-electron chi connectivity index (χ2n) is 6.20. The maximum absolute atomic E-state index is 13.6. The fourth-order valence-corrected chi connectivity index (χ4v) is 3.04. The van der Waals surface area contributed by atoms with E-state index in [0.717, 1.165) is 16.8 Å². The molecule has 7 heteroatoms. The highest BCUT2D eigenvalue weighted by molar-refractivity contribution is 14.1. The number of nitrogens with one attached hydrogen (secondary N) is 1. The summed E-state index contributed by atoms with van der Waals surface area (Å²) in [7, 11) is 0. The third kappa shape index (κ3) is 6.01. The van der Waals surface area contributed by atoms with Gasteiger partial charge in [-0.25, -0.2) is 4.39 Å². The molecule has 0 aliphatic rings. The first-order chi connectivity index (χ1) is 13.9. The van der Waals surface area contributed by atoms with Gasteiger partial charge in [0, 0.05) is 9.78 Å². The van der Waals surface area contributed by atoms with E-state index in [0.29, 0.717) is 10.8 Å². The van der Waals surface area contributed by atoms with Crippen molar-refractivity contribution >= 4 is 57.7 Å². The SMILES string of the molecule is Cc1cc(N=Cc2ccc(OCC(=O)Nc3ccccc3F)c(Cl)c2)ccc1I. The maximum atomic E-state index is 13.6. The van der Waals surface area contributed by atoms with Crippen molar-refractivity contribution in [1.82, 2.24) is 0 Å². The number of nitrogens with zero attached hydrogens (tertiary/aromatic N) is 1. The van der Waals surface area contributed by atoms with Gasteiger partial charge in [-0.1, -0.05) is 23.7 Å². The first-order valence-corrected chi connectivity index (χ1v) is 10.1. The summed E-state index contributed by atoms with van der Waals surface area (Å²) in [6.45, 7) is 1.75. The molecule has 0 unspecified atom stereocenters. The van der Waals surface area contributed by atoms with Crippen molar-refractivity contribution in [3.05, 3.63) is 86.2 Å². The molecule has 3 aromatic rings. The first kappa shape index (κ1) is 21.3. The highest BCUT2D eigenvalue weighted by atomic mass is 127. The fraction of sp³-hybridized carbons (Fsp3) is 0.0909. The Kier molecular flexibility index (Phi) is 7.22. The van der Waals surface area contributed by atoms with Gasteiger partial charge in [0.15, 0.2) is 6.61 Å². The largest absolute Gasteiger partial charge is 0.482 e. The molecule has 1 N–H and O–H groups in total. The molecule has 0 heterocycles. The molecule has 0 aliphatic carbocycles. The van der Waals surface area contributed by atoms with Crippen molar-refractivity contribution in [2.45, 2.75) is 6.92 Å². The van der Waals surface area contributed by atoms with Crippen LogP contribution in [0.3, 0.4) is 0 Å². The van der Waals surface area contributed by atoms with Gasteiger partial charge in [0.2, 0.25) is 0 Å². The number of para-hydroxylation sites is 1. The van der Waals surface area contributed by atoms with E-state index in [1.165, 1.54) is 15.7 Å². The Morgan fingerprint density at radius 2 is 2.00 bits per heavy atom. The number of hydrogen-bond acceptors (Lipinski definition) is 3. The standard InChI is InChI=1S/C22H17ClFIN2O2/c1-14-10-16(7-8-19(14)25)26-12-15-6-9-21(17(23)11-15)29-13-22(28)27-20-5-3-2-4-18(20)24/h2-12H,13H2,1H3,(H,27,28). The second kappa shape index (κ2) is 9.84. The molecule has 0 fully saturated rings. The Labute approximate surface area is 186 Å². The zero-order valence-corrected chi connectivity index (χ0v) is 18.4. The summed E-state index contributed by atoms with van der Waals surface area (Å²) in [6, 6.07) is 17.0. The molecule has 0 saturated heterocycles. The predicted molar refractivity (Wildman–Crippen MR) is 123 cm³/mol. The molecule has 0 aliphatic heterocycles. The topological polar surface area (TPSA) is 50.7 Å². The van der Waals surface area contributed by atoms with Crippen LogP contribution < -0.4 is 10.1 Å². The lowest BCUT2D eigenvalue weighted by Gasteiger charge is -2.09. The highest BCUT2D eigenvalue weighted by Gasteiger charge is 2.09. The Balaban J connectivity index is 1.60. The Morgan fingerprint density at radius 3 is 2.72 bits per heavy atom. The lowest BCUT2D eigenvalue weighted by molar-refractivity contribution is -0.118. The minimum Gasteiger partial charge on any atom is -0.482 e. The van der Waals surface area contributed by atoms with Gasteiger partial charge in [0.25, 0.3) is 5.91 Å². The van der Waals surface area contributed by atoms with E-state index in [2.05, 4.69) is 32.9 Å².